The number of aryl methyl sites for hydroxylation is 1. The van der Waals surface area contributed by atoms with Gasteiger partial charge in [-0.2, -0.15) is 0 Å². The van der Waals surface area contributed by atoms with Crippen LogP contribution in [0.1, 0.15) is 42.7 Å². The molecule has 0 radical (unpaired) electrons. The van der Waals surface area contributed by atoms with E-state index in [1.807, 2.05) is 18.3 Å². The SMILES string of the molecule is CC1OCCC1(O)CNC1CCCc2sc(Br)cc21. The van der Waals surface area contributed by atoms with E-state index in [4.69, 9.17) is 4.74 Å². The van der Waals surface area contributed by atoms with E-state index in [0.29, 0.717) is 19.2 Å². The van der Waals surface area contributed by atoms with Gasteiger partial charge in [0, 0.05) is 30.5 Å². The fraction of sp³-hybridized carbons (Fsp3) is 0.714. The van der Waals surface area contributed by atoms with Crippen LogP contribution in [0.15, 0.2) is 9.85 Å². The van der Waals surface area contributed by atoms with Gasteiger partial charge in [-0.15, -0.1) is 11.3 Å². The molecular weight excluding hydrogens is 326 g/mol. The number of fused-ring (bicyclic) bond motifs is 1. The molecule has 3 atom stereocenters. The van der Waals surface area contributed by atoms with E-state index in [0.717, 1.165) is 12.8 Å². The largest absolute Gasteiger partial charge is 0.386 e. The van der Waals surface area contributed by atoms with Crippen LogP contribution in [-0.2, 0) is 11.2 Å². The molecule has 0 aromatic carbocycles. The summed E-state index contributed by atoms with van der Waals surface area (Å²) >= 11 is 5.42. The molecule has 0 bridgehead atoms. The van der Waals surface area contributed by atoms with Crippen molar-refractivity contribution in [1.29, 1.82) is 0 Å². The first-order chi connectivity index (χ1) is 9.08. The number of nitrogens with one attached hydrogen (secondary N) is 1. The van der Waals surface area contributed by atoms with Gasteiger partial charge >= 0.3 is 0 Å². The molecule has 0 saturated carbocycles. The lowest BCUT2D eigenvalue weighted by Crippen LogP contribution is -2.47. The van der Waals surface area contributed by atoms with Gasteiger partial charge in [0.25, 0.3) is 0 Å². The zero-order valence-electron chi connectivity index (χ0n) is 11.1. The molecular formula is C14H20BrNO2S. The number of hydrogen-bond acceptors (Lipinski definition) is 4. The fourth-order valence-electron chi connectivity index (χ4n) is 3.04. The standard InChI is InChI=1S/C14H20BrNO2S/c1-9-14(17,5-6-18-9)8-16-11-3-2-4-12-10(11)7-13(15)19-12/h7,9,11,16-17H,2-6,8H2,1H3. The highest BCUT2D eigenvalue weighted by Gasteiger charge is 2.40. The average molecular weight is 346 g/mol. The minimum Gasteiger partial charge on any atom is -0.386 e. The minimum absolute atomic E-state index is 0.0720. The van der Waals surface area contributed by atoms with Crippen LogP contribution >= 0.6 is 27.3 Å². The summed E-state index contributed by atoms with van der Waals surface area (Å²) in [7, 11) is 0. The predicted octanol–water partition coefficient (Wildman–Crippen LogP) is 3.02. The number of ether oxygens (including phenoxy) is 1. The fourth-order valence-corrected chi connectivity index (χ4v) is 4.86. The summed E-state index contributed by atoms with van der Waals surface area (Å²) in [4.78, 5) is 1.48. The van der Waals surface area contributed by atoms with Crippen LogP contribution in [0.5, 0.6) is 0 Å². The molecule has 1 aliphatic heterocycles. The second kappa shape index (κ2) is 5.45. The summed E-state index contributed by atoms with van der Waals surface area (Å²) in [5, 5.41) is 14.1. The van der Waals surface area contributed by atoms with Crippen molar-refractivity contribution in [2.45, 2.75) is 50.4 Å². The van der Waals surface area contributed by atoms with Gasteiger partial charge in [-0.25, -0.2) is 0 Å². The molecule has 3 unspecified atom stereocenters. The van der Waals surface area contributed by atoms with Crippen LogP contribution in [-0.4, -0.2) is 30.0 Å². The molecule has 5 heteroatoms. The summed E-state index contributed by atoms with van der Waals surface area (Å²) in [6, 6.07) is 2.61. The molecule has 0 amide bonds. The summed E-state index contributed by atoms with van der Waals surface area (Å²) in [6.07, 6.45) is 4.22. The Morgan fingerprint density at radius 3 is 3.21 bits per heavy atom. The van der Waals surface area contributed by atoms with Gasteiger partial charge in [0.2, 0.25) is 0 Å². The molecule has 1 aliphatic carbocycles. The number of rotatable bonds is 3. The topological polar surface area (TPSA) is 41.5 Å². The maximum Gasteiger partial charge on any atom is 0.105 e. The Bertz CT molecular complexity index is 464. The molecule has 2 heterocycles. The summed E-state index contributed by atoms with van der Waals surface area (Å²) in [5.74, 6) is 0. The second-order valence-electron chi connectivity index (χ2n) is 5.62. The molecule has 3 nitrogen and oxygen atoms in total. The second-order valence-corrected chi connectivity index (χ2v) is 8.14. The summed E-state index contributed by atoms with van der Waals surface area (Å²) < 4.78 is 6.70. The number of thiophene rings is 1. The van der Waals surface area contributed by atoms with Gasteiger partial charge in [0.1, 0.15) is 5.60 Å². The molecule has 0 spiro atoms. The maximum absolute atomic E-state index is 10.5. The normalized spacial score (nSPS) is 34.5. The molecule has 2 N–H and O–H groups in total. The smallest absolute Gasteiger partial charge is 0.105 e. The van der Waals surface area contributed by atoms with Crippen LogP contribution in [0.25, 0.3) is 0 Å². The zero-order valence-corrected chi connectivity index (χ0v) is 13.5. The van der Waals surface area contributed by atoms with Crippen LogP contribution in [0.4, 0.5) is 0 Å². The Morgan fingerprint density at radius 1 is 1.63 bits per heavy atom. The Hall–Kier alpha value is 0.0600. The first-order valence-electron chi connectivity index (χ1n) is 6.94. The molecule has 2 aliphatic rings. The third-order valence-electron chi connectivity index (χ3n) is 4.40. The molecule has 106 valence electrons. The number of aliphatic hydroxyl groups is 1. The lowest BCUT2D eigenvalue weighted by molar-refractivity contribution is -0.0279. The van der Waals surface area contributed by atoms with Crippen molar-refractivity contribution >= 4 is 27.3 Å². The van der Waals surface area contributed by atoms with Crippen molar-refractivity contribution in [3.63, 3.8) is 0 Å². The van der Waals surface area contributed by atoms with E-state index < -0.39 is 5.60 Å². The van der Waals surface area contributed by atoms with Gasteiger partial charge in [0.05, 0.1) is 9.89 Å². The van der Waals surface area contributed by atoms with Crippen molar-refractivity contribution in [3.8, 4) is 0 Å². The zero-order chi connectivity index (χ0) is 13.5. The summed E-state index contributed by atoms with van der Waals surface area (Å²) in [5.41, 5.74) is 0.712. The molecule has 1 saturated heterocycles. The van der Waals surface area contributed by atoms with Gasteiger partial charge in [-0.3, -0.25) is 0 Å². The minimum atomic E-state index is -0.704. The van der Waals surface area contributed by atoms with Crippen LogP contribution < -0.4 is 5.32 Å². The Morgan fingerprint density at radius 2 is 2.47 bits per heavy atom. The number of hydrogen-bond donors (Lipinski definition) is 2. The monoisotopic (exact) mass is 345 g/mol. The maximum atomic E-state index is 10.5. The molecule has 19 heavy (non-hydrogen) atoms. The lowest BCUT2D eigenvalue weighted by atomic mass is 9.91. The van der Waals surface area contributed by atoms with Crippen molar-refractivity contribution in [1.82, 2.24) is 5.32 Å². The van der Waals surface area contributed by atoms with Gasteiger partial charge in [-0.05, 0) is 53.7 Å². The predicted molar refractivity (Wildman–Crippen MR) is 80.7 cm³/mol. The third kappa shape index (κ3) is 2.76. The molecule has 1 fully saturated rings. The molecule has 1 aromatic rings. The Kier molecular flexibility index (Phi) is 4.02. The van der Waals surface area contributed by atoms with Gasteiger partial charge in [0.15, 0.2) is 0 Å². The van der Waals surface area contributed by atoms with Crippen molar-refractivity contribution < 1.29 is 9.84 Å². The van der Waals surface area contributed by atoms with E-state index in [2.05, 4.69) is 27.3 Å². The highest BCUT2D eigenvalue weighted by Crippen LogP contribution is 2.38. The van der Waals surface area contributed by atoms with Crippen molar-refractivity contribution in [2.24, 2.45) is 0 Å². The molecule has 1 aromatic heterocycles. The first kappa shape index (κ1) is 14.0. The van der Waals surface area contributed by atoms with Crippen LogP contribution in [0.3, 0.4) is 0 Å². The number of halogens is 1. The Labute approximate surface area is 126 Å². The van der Waals surface area contributed by atoms with E-state index in [-0.39, 0.29) is 6.10 Å². The average Bonchev–Trinajstić information content (AvgIpc) is 2.90. The van der Waals surface area contributed by atoms with E-state index in [1.165, 1.54) is 27.1 Å². The first-order valence-corrected chi connectivity index (χ1v) is 8.55. The molecule has 3 rings (SSSR count). The quantitative estimate of drug-likeness (QED) is 0.884. The van der Waals surface area contributed by atoms with Crippen molar-refractivity contribution in [3.05, 3.63) is 20.3 Å². The highest BCUT2D eigenvalue weighted by molar-refractivity contribution is 9.11. The highest BCUT2D eigenvalue weighted by atomic mass is 79.9. The lowest BCUT2D eigenvalue weighted by Gasteiger charge is -2.31. The van der Waals surface area contributed by atoms with E-state index in [9.17, 15) is 5.11 Å². The van der Waals surface area contributed by atoms with E-state index in [1.54, 1.807) is 0 Å². The summed E-state index contributed by atoms with van der Waals surface area (Å²) in [6.45, 7) is 3.24. The Balaban J connectivity index is 1.68. The third-order valence-corrected chi connectivity index (χ3v) is 6.11. The van der Waals surface area contributed by atoms with Crippen LogP contribution in [0.2, 0.25) is 0 Å². The van der Waals surface area contributed by atoms with Gasteiger partial charge < -0.3 is 15.2 Å². The van der Waals surface area contributed by atoms with E-state index >= 15 is 0 Å². The van der Waals surface area contributed by atoms with Crippen molar-refractivity contribution in [2.75, 3.05) is 13.2 Å². The van der Waals surface area contributed by atoms with Crippen LogP contribution in [0, 0.1) is 0 Å². The van der Waals surface area contributed by atoms with Gasteiger partial charge in [-0.1, -0.05) is 0 Å².